The minimum absolute atomic E-state index is 0.0486. The zero-order valence-corrected chi connectivity index (χ0v) is 14.3. The molecule has 0 saturated carbocycles. The number of sulfonamides is 1. The van der Waals surface area contributed by atoms with Crippen LogP contribution in [0, 0.1) is 10.1 Å². The summed E-state index contributed by atoms with van der Waals surface area (Å²) in [5, 5.41) is 16.0. The van der Waals surface area contributed by atoms with Crippen LogP contribution in [-0.4, -0.2) is 26.1 Å². The number of hydrogen-bond acceptors (Lipinski definition) is 6. The molecule has 0 aliphatic heterocycles. The van der Waals surface area contributed by atoms with Gasteiger partial charge in [-0.15, -0.1) is 0 Å². The lowest BCUT2D eigenvalue weighted by molar-refractivity contribution is -0.386. The molecule has 0 bridgehead atoms. The molecule has 0 unspecified atom stereocenters. The molecular formula is C15H13F3N2O6S. The van der Waals surface area contributed by atoms with Gasteiger partial charge in [0, 0.05) is 6.07 Å². The van der Waals surface area contributed by atoms with E-state index in [0.717, 1.165) is 18.2 Å². The summed E-state index contributed by atoms with van der Waals surface area (Å²) in [6.45, 7) is -1.68. The molecule has 12 heteroatoms. The van der Waals surface area contributed by atoms with Crippen molar-refractivity contribution in [3.05, 3.63) is 58.1 Å². The average molecular weight is 406 g/mol. The summed E-state index contributed by atoms with van der Waals surface area (Å²) in [6, 6.07) is 8.43. The van der Waals surface area contributed by atoms with Crippen LogP contribution in [0.1, 0.15) is 5.56 Å². The van der Waals surface area contributed by atoms with Crippen LogP contribution in [0.25, 0.3) is 0 Å². The van der Waals surface area contributed by atoms with Crippen molar-refractivity contribution in [2.75, 3.05) is 6.61 Å². The molecular weight excluding hydrogens is 393 g/mol. The fraction of sp³-hybridized carbons (Fsp3) is 0.200. The standard InChI is InChI=1S/C15H13F3N2O6S/c16-15(17,18)9-26-11-3-1-2-10(6-11)8-25-14-5-4-12(27(19,23)24)7-13(14)20(21)22/h1-7H,8-9H2,(H2,19,23,24). The molecule has 2 aromatic rings. The van der Waals surface area contributed by atoms with Gasteiger partial charge in [0.25, 0.3) is 0 Å². The van der Waals surface area contributed by atoms with Gasteiger partial charge in [-0.3, -0.25) is 10.1 Å². The average Bonchev–Trinajstić information content (AvgIpc) is 2.57. The fourth-order valence-corrected chi connectivity index (χ4v) is 2.52. The van der Waals surface area contributed by atoms with Crippen molar-refractivity contribution in [2.24, 2.45) is 5.14 Å². The van der Waals surface area contributed by atoms with Gasteiger partial charge in [0.05, 0.1) is 9.82 Å². The summed E-state index contributed by atoms with van der Waals surface area (Å²) in [7, 11) is -4.14. The van der Waals surface area contributed by atoms with E-state index in [1.165, 1.54) is 24.3 Å². The first kappa shape index (κ1) is 20.5. The highest BCUT2D eigenvalue weighted by Crippen LogP contribution is 2.30. The lowest BCUT2D eigenvalue weighted by atomic mass is 10.2. The number of nitrogens with two attached hydrogens (primary N) is 1. The summed E-state index contributed by atoms with van der Waals surface area (Å²) in [5.74, 6) is -0.276. The molecule has 0 saturated heterocycles. The van der Waals surface area contributed by atoms with E-state index >= 15 is 0 Å². The van der Waals surface area contributed by atoms with Crippen LogP contribution in [0.4, 0.5) is 18.9 Å². The quantitative estimate of drug-likeness (QED) is 0.557. The molecule has 27 heavy (non-hydrogen) atoms. The Bertz CT molecular complexity index is 947. The van der Waals surface area contributed by atoms with Crippen molar-refractivity contribution in [2.45, 2.75) is 17.7 Å². The normalized spacial score (nSPS) is 11.9. The van der Waals surface area contributed by atoms with Crippen molar-refractivity contribution in [1.82, 2.24) is 0 Å². The minimum atomic E-state index is -4.49. The van der Waals surface area contributed by atoms with E-state index in [1.54, 1.807) is 0 Å². The van der Waals surface area contributed by atoms with Crippen molar-refractivity contribution in [3.63, 3.8) is 0 Å². The first-order valence-electron chi connectivity index (χ1n) is 7.18. The minimum Gasteiger partial charge on any atom is -0.484 e. The van der Waals surface area contributed by atoms with Gasteiger partial charge in [0.1, 0.15) is 12.4 Å². The molecule has 0 heterocycles. The molecule has 2 rings (SSSR count). The molecule has 0 aliphatic rings. The van der Waals surface area contributed by atoms with E-state index in [-0.39, 0.29) is 18.1 Å². The predicted molar refractivity (Wildman–Crippen MR) is 86.8 cm³/mol. The summed E-state index contributed by atoms with van der Waals surface area (Å²) < 4.78 is 69.0. The van der Waals surface area contributed by atoms with Crippen LogP contribution in [0.15, 0.2) is 47.4 Å². The van der Waals surface area contributed by atoms with Gasteiger partial charge in [0.15, 0.2) is 12.4 Å². The highest BCUT2D eigenvalue weighted by molar-refractivity contribution is 7.89. The predicted octanol–water partition coefficient (Wildman–Crippen LogP) is 2.76. The van der Waals surface area contributed by atoms with Gasteiger partial charge in [0.2, 0.25) is 10.0 Å². The summed E-state index contributed by atoms with van der Waals surface area (Å²) >= 11 is 0. The summed E-state index contributed by atoms with van der Waals surface area (Å²) in [6.07, 6.45) is -4.49. The van der Waals surface area contributed by atoms with Gasteiger partial charge in [-0.25, -0.2) is 13.6 Å². The molecule has 8 nitrogen and oxygen atoms in total. The summed E-state index contributed by atoms with van der Waals surface area (Å²) in [4.78, 5) is 9.81. The Morgan fingerprint density at radius 3 is 2.41 bits per heavy atom. The third kappa shape index (κ3) is 6.11. The molecule has 2 aromatic carbocycles. The first-order chi connectivity index (χ1) is 12.5. The second-order valence-electron chi connectivity index (χ2n) is 5.27. The van der Waals surface area contributed by atoms with Crippen molar-refractivity contribution in [1.29, 1.82) is 0 Å². The number of nitrogens with zero attached hydrogens (tertiary/aromatic N) is 1. The fourth-order valence-electron chi connectivity index (χ4n) is 1.99. The second kappa shape index (κ2) is 7.80. The zero-order chi connectivity index (χ0) is 20.2. The maximum atomic E-state index is 12.2. The van der Waals surface area contributed by atoms with E-state index in [1.807, 2.05) is 0 Å². The third-order valence-corrected chi connectivity index (χ3v) is 4.06. The van der Waals surface area contributed by atoms with E-state index in [0.29, 0.717) is 5.56 Å². The van der Waals surface area contributed by atoms with Crippen molar-refractivity contribution in [3.8, 4) is 11.5 Å². The molecule has 0 aromatic heterocycles. The van der Waals surface area contributed by atoms with Gasteiger partial charge >= 0.3 is 11.9 Å². The van der Waals surface area contributed by atoms with Crippen LogP contribution in [0.5, 0.6) is 11.5 Å². The lowest BCUT2D eigenvalue weighted by Gasteiger charge is -2.11. The highest BCUT2D eigenvalue weighted by atomic mass is 32.2. The smallest absolute Gasteiger partial charge is 0.422 e. The molecule has 0 atom stereocenters. The van der Waals surface area contributed by atoms with Crippen LogP contribution < -0.4 is 14.6 Å². The van der Waals surface area contributed by atoms with Gasteiger partial charge in [-0.1, -0.05) is 12.1 Å². The van der Waals surface area contributed by atoms with E-state index in [4.69, 9.17) is 9.88 Å². The molecule has 146 valence electrons. The highest BCUT2D eigenvalue weighted by Gasteiger charge is 2.28. The molecule has 2 N–H and O–H groups in total. The number of halogens is 3. The molecule has 0 radical (unpaired) electrons. The van der Waals surface area contributed by atoms with Crippen LogP contribution in [0.3, 0.4) is 0 Å². The Labute approximate surface area is 151 Å². The number of hydrogen-bond donors (Lipinski definition) is 1. The van der Waals surface area contributed by atoms with Crippen LogP contribution in [0.2, 0.25) is 0 Å². The van der Waals surface area contributed by atoms with Gasteiger partial charge < -0.3 is 9.47 Å². The molecule has 0 fully saturated rings. The topological polar surface area (TPSA) is 122 Å². The Kier molecular flexibility index (Phi) is 5.91. The largest absolute Gasteiger partial charge is 0.484 e. The first-order valence-corrected chi connectivity index (χ1v) is 8.73. The Morgan fingerprint density at radius 2 is 1.81 bits per heavy atom. The number of nitro benzene ring substituents is 1. The number of ether oxygens (including phenoxy) is 2. The van der Waals surface area contributed by atoms with Crippen LogP contribution >= 0.6 is 0 Å². The van der Waals surface area contributed by atoms with Gasteiger partial charge in [-0.2, -0.15) is 13.2 Å². The Morgan fingerprint density at radius 1 is 1.11 bits per heavy atom. The Balaban J connectivity index is 2.16. The van der Waals surface area contributed by atoms with E-state index in [2.05, 4.69) is 4.74 Å². The van der Waals surface area contributed by atoms with Crippen LogP contribution in [-0.2, 0) is 16.6 Å². The number of nitro groups is 1. The molecule has 0 spiro atoms. The Hall–Kier alpha value is -2.86. The SMILES string of the molecule is NS(=O)(=O)c1ccc(OCc2cccc(OCC(F)(F)F)c2)c([N+](=O)[O-])c1. The third-order valence-electron chi connectivity index (χ3n) is 3.15. The second-order valence-corrected chi connectivity index (χ2v) is 6.83. The monoisotopic (exact) mass is 406 g/mol. The number of rotatable bonds is 7. The summed E-state index contributed by atoms with van der Waals surface area (Å²) in [5.41, 5.74) is -0.231. The number of primary sulfonamides is 1. The van der Waals surface area contributed by atoms with E-state index < -0.39 is 38.3 Å². The number of alkyl halides is 3. The maximum absolute atomic E-state index is 12.2. The van der Waals surface area contributed by atoms with Crippen molar-refractivity contribution >= 4 is 15.7 Å². The number of benzene rings is 2. The van der Waals surface area contributed by atoms with Gasteiger partial charge in [-0.05, 0) is 29.8 Å². The lowest BCUT2D eigenvalue weighted by Crippen LogP contribution is -2.19. The van der Waals surface area contributed by atoms with Crippen molar-refractivity contribution < 1.29 is 36.0 Å². The maximum Gasteiger partial charge on any atom is 0.422 e. The molecule has 0 amide bonds. The molecule has 0 aliphatic carbocycles. The zero-order valence-electron chi connectivity index (χ0n) is 13.5. The van der Waals surface area contributed by atoms with E-state index in [9.17, 15) is 31.7 Å².